The van der Waals surface area contributed by atoms with E-state index in [2.05, 4.69) is 104 Å². The van der Waals surface area contributed by atoms with Crippen molar-refractivity contribution in [3.05, 3.63) is 107 Å². The standard InChI is InChI=1S/C31H33NO/c1-29(2)22-30(20-12-5-13-21-30)32-27(25-18-10-11-19-26(25)29)31(28(32)33,23-14-6-3-7-15-23)24-16-8-4-9-17-24/h3-4,6-11,14-19,27H,5,12-13,20-22H2,1-2H3. The molecule has 1 atom stereocenters. The van der Waals surface area contributed by atoms with E-state index in [4.69, 9.17) is 0 Å². The number of fused-ring (bicyclic) bond motifs is 4. The minimum atomic E-state index is -0.677. The third-order valence-electron chi connectivity index (χ3n) is 8.73. The molecule has 3 aliphatic rings. The fourth-order valence-electron chi connectivity index (χ4n) is 7.53. The summed E-state index contributed by atoms with van der Waals surface area (Å²) >= 11 is 0. The molecule has 1 saturated carbocycles. The molecule has 0 N–H and O–H groups in total. The topological polar surface area (TPSA) is 20.3 Å². The zero-order valence-corrected chi connectivity index (χ0v) is 19.8. The molecule has 0 aromatic heterocycles. The third kappa shape index (κ3) is 2.76. The van der Waals surface area contributed by atoms with Crippen LogP contribution in [0.1, 0.15) is 80.7 Å². The first-order valence-corrected chi connectivity index (χ1v) is 12.5. The number of β-lactam (4-membered cyclic amide) rings is 1. The Hall–Kier alpha value is -2.87. The molecule has 0 bridgehead atoms. The molecule has 2 fully saturated rings. The summed E-state index contributed by atoms with van der Waals surface area (Å²) in [4.78, 5) is 17.1. The summed E-state index contributed by atoms with van der Waals surface area (Å²) in [6, 6.07) is 30.0. The highest BCUT2D eigenvalue weighted by Crippen LogP contribution is 2.64. The minimum absolute atomic E-state index is 0.0185. The van der Waals surface area contributed by atoms with Crippen molar-refractivity contribution in [2.45, 2.75) is 74.8 Å². The Labute approximate surface area is 197 Å². The lowest BCUT2D eigenvalue weighted by Gasteiger charge is -2.64. The Balaban J connectivity index is 1.67. The first-order valence-electron chi connectivity index (χ1n) is 12.5. The number of carbonyl (C=O) groups excluding carboxylic acids is 1. The maximum absolute atomic E-state index is 14.7. The van der Waals surface area contributed by atoms with Gasteiger partial charge in [0.1, 0.15) is 5.41 Å². The molecule has 1 unspecified atom stereocenters. The Morgan fingerprint density at radius 1 is 0.727 bits per heavy atom. The zero-order valence-electron chi connectivity index (χ0n) is 19.8. The van der Waals surface area contributed by atoms with Gasteiger partial charge in [0, 0.05) is 5.54 Å². The summed E-state index contributed by atoms with van der Waals surface area (Å²) in [5, 5.41) is 0. The van der Waals surface area contributed by atoms with Crippen molar-refractivity contribution < 1.29 is 4.79 Å². The van der Waals surface area contributed by atoms with Gasteiger partial charge < -0.3 is 4.90 Å². The lowest BCUT2D eigenvalue weighted by Crippen LogP contribution is -2.73. The summed E-state index contributed by atoms with van der Waals surface area (Å²) in [5.41, 5.74) is 4.25. The number of hydrogen-bond donors (Lipinski definition) is 0. The van der Waals surface area contributed by atoms with Gasteiger partial charge in [-0.05, 0) is 46.9 Å². The van der Waals surface area contributed by atoms with Crippen molar-refractivity contribution in [1.29, 1.82) is 0 Å². The van der Waals surface area contributed by atoms with Crippen LogP contribution in [0.25, 0.3) is 0 Å². The molecule has 2 heterocycles. The lowest BCUT2D eigenvalue weighted by atomic mass is 9.57. The summed E-state index contributed by atoms with van der Waals surface area (Å²) < 4.78 is 0. The number of amides is 1. The van der Waals surface area contributed by atoms with Crippen LogP contribution in [0, 0.1) is 0 Å². The number of benzene rings is 3. The van der Waals surface area contributed by atoms with Crippen LogP contribution in [-0.2, 0) is 15.6 Å². The smallest absolute Gasteiger partial charge is 0.241 e. The van der Waals surface area contributed by atoms with Crippen LogP contribution in [0.3, 0.4) is 0 Å². The van der Waals surface area contributed by atoms with Gasteiger partial charge in [-0.3, -0.25) is 4.79 Å². The largest absolute Gasteiger partial charge is 0.327 e. The summed E-state index contributed by atoms with van der Waals surface area (Å²) in [7, 11) is 0. The van der Waals surface area contributed by atoms with Gasteiger partial charge in [-0.2, -0.15) is 0 Å². The van der Waals surface area contributed by atoms with Gasteiger partial charge in [-0.15, -0.1) is 0 Å². The molecular weight excluding hydrogens is 402 g/mol. The molecule has 1 amide bonds. The van der Waals surface area contributed by atoms with E-state index in [1.165, 1.54) is 30.4 Å². The van der Waals surface area contributed by atoms with Gasteiger partial charge in [0.25, 0.3) is 0 Å². The van der Waals surface area contributed by atoms with Crippen LogP contribution in [0.15, 0.2) is 84.9 Å². The van der Waals surface area contributed by atoms with E-state index in [0.717, 1.165) is 30.4 Å². The highest BCUT2D eigenvalue weighted by Gasteiger charge is 2.69. The first kappa shape index (κ1) is 20.7. The molecule has 2 heteroatoms. The molecule has 2 aliphatic heterocycles. The Bertz CT molecular complexity index is 1130. The van der Waals surface area contributed by atoms with E-state index < -0.39 is 5.41 Å². The second kappa shape index (κ2) is 7.32. The van der Waals surface area contributed by atoms with Gasteiger partial charge in [0.05, 0.1) is 6.04 Å². The minimum Gasteiger partial charge on any atom is -0.327 e. The quantitative estimate of drug-likeness (QED) is 0.399. The van der Waals surface area contributed by atoms with Gasteiger partial charge in [0.15, 0.2) is 0 Å². The summed E-state index contributed by atoms with van der Waals surface area (Å²) in [5.74, 6) is 0.291. The molecule has 1 saturated heterocycles. The molecule has 3 aromatic rings. The normalized spacial score (nSPS) is 24.4. The van der Waals surface area contributed by atoms with Crippen molar-refractivity contribution in [1.82, 2.24) is 4.90 Å². The van der Waals surface area contributed by atoms with E-state index in [-0.39, 0.29) is 17.0 Å². The second-order valence-electron chi connectivity index (χ2n) is 11.1. The zero-order chi connectivity index (χ0) is 22.7. The Morgan fingerprint density at radius 2 is 1.27 bits per heavy atom. The molecule has 0 radical (unpaired) electrons. The number of nitrogens with zero attached hydrogens (tertiary/aromatic N) is 1. The van der Waals surface area contributed by atoms with Crippen molar-refractivity contribution in [3.63, 3.8) is 0 Å². The highest BCUT2D eigenvalue weighted by atomic mass is 16.2. The molecule has 1 aliphatic carbocycles. The molecule has 6 rings (SSSR count). The molecular formula is C31H33NO. The van der Waals surface area contributed by atoms with Crippen molar-refractivity contribution in [2.24, 2.45) is 0 Å². The van der Waals surface area contributed by atoms with Gasteiger partial charge in [0.2, 0.25) is 5.91 Å². The van der Waals surface area contributed by atoms with Crippen LogP contribution >= 0.6 is 0 Å². The molecule has 2 nitrogen and oxygen atoms in total. The SMILES string of the molecule is CC1(C)CC2(CCCCC2)N2C(=O)C(c3ccccc3)(c3ccccc3)C2c2ccccc21. The van der Waals surface area contributed by atoms with E-state index >= 15 is 0 Å². The van der Waals surface area contributed by atoms with Gasteiger partial charge >= 0.3 is 0 Å². The fraction of sp³-hybridized carbons (Fsp3) is 0.387. The fourth-order valence-corrected chi connectivity index (χ4v) is 7.53. The predicted octanol–water partition coefficient (Wildman–Crippen LogP) is 6.94. The average Bonchev–Trinajstić information content (AvgIpc) is 2.91. The van der Waals surface area contributed by atoms with E-state index in [1.54, 1.807) is 0 Å². The van der Waals surface area contributed by atoms with Gasteiger partial charge in [-0.25, -0.2) is 0 Å². The monoisotopic (exact) mass is 435 g/mol. The summed E-state index contributed by atoms with van der Waals surface area (Å²) in [6.45, 7) is 4.79. The number of hydrogen-bond acceptors (Lipinski definition) is 1. The molecule has 168 valence electrons. The van der Waals surface area contributed by atoms with Crippen molar-refractivity contribution in [3.8, 4) is 0 Å². The molecule has 1 spiro atoms. The van der Waals surface area contributed by atoms with E-state index in [9.17, 15) is 4.79 Å². The van der Waals surface area contributed by atoms with Crippen LogP contribution in [0.4, 0.5) is 0 Å². The Morgan fingerprint density at radius 3 is 1.88 bits per heavy atom. The predicted molar refractivity (Wildman–Crippen MR) is 133 cm³/mol. The summed E-state index contributed by atoms with van der Waals surface area (Å²) in [6.07, 6.45) is 6.99. The second-order valence-corrected chi connectivity index (χ2v) is 11.1. The molecule has 3 aromatic carbocycles. The van der Waals surface area contributed by atoms with Crippen LogP contribution in [0.5, 0.6) is 0 Å². The number of rotatable bonds is 2. The molecule has 33 heavy (non-hydrogen) atoms. The average molecular weight is 436 g/mol. The third-order valence-corrected chi connectivity index (χ3v) is 8.73. The Kier molecular flexibility index (Phi) is 4.59. The van der Waals surface area contributed by atoms with Gasteiger partial charge in [-0.1, -0.05) is 118 Å². The van der Waals surface area contributed by atoms with E-state index in [0.29, 0.717) is 5.91 Å². The van der Waals surface area contributed by atoms with Crippen molar-refractivity contribution in [2.75, 3.05) is 0 Å². The van der Waals surface area contributed by atoms with Crippen LogP contribution in [-0.4, -0.2) is 16.3 Å². The maximum atomic E-state index is 14.7. The van der Waals surface area contributed by atoms with Crippen LogP contribution in [0.2, 0.25) is 0 Å². The van der Waals surface area contributed by atoms with Crippen LogP contribution < -0.4 is 0 Å². The number of carbonyl (C=O) groups is 1. The van der Waals surface area contributed by atoms with E-state index in [1.807, 2.05) is 0 Å². The highest BCUT2D eigenvalue weighted by molar-refractivity contribution is 6.01. The maximum Gasteiger partial charge on any atom is 0.241 e. The first-order chi connectivity index (χ1) is 16.0. The lowest BCUT2D eigenvalue weighted by molar-refractivity contribution is -0.175. The van der Waals surface area contributed by atoms with Crippen molar-refractivity contribution >= 4 is 5.91 Å².